The zero-order valence-corrected chi connectivity index (χ0v) is 10.6. The van der Waals surface area contributed by atoms with Gasteiger partial charge < -0.3 is 10.0 Å². The summed E-state index contributed by atoms with van der Waals surface area (Å²) >= 11 is 0. The second-order valence-corrected chi connectivity index (χ2v) is 5.56. The van der Waals surface area contributed by atoms with E-state index in [0.29, 0.717) is 0 Å². The van der Waals surface area contributed by atoms with Crippen LogP contribution < -0.4 is 0 Å². The molecule has 0 radical (unpaired) electrons. The molecule has 0 spiro atoms. The smallest absolute Gasteiger partial charge is 0.0512 e. The van der Waals surface area contributed by atoms with Gasteiger partial charge in [-0.1, -0.05) is 13.8 Å². The Morgan fingerprint density at radius 1 is 1.20 bits per heavy atom. The van der Waals surface area contributed by atoms with E-state index in [2.05, 4.69) is 18.7 Å². The minimum Gasteiger partial charge on any atom is -0.393 e. The highest BCUT2D eigenvalue weighted by Crippen LogP contribution is 2.22. The van der Waals surface area contributed by atoms with Gasteiger partial charge in [-0.05, 0) is 57.5 Å². The Hall–Kier alpha value is -0.0800. The monoisotopic (exact) mass is 213 g/mol. The van der Waals surface area contributed by atoms with Gasteiger partial charge in [-0.3, -0.25) is 0 Å². The molecule has 0 aromatic rings. The minimum atomic E-state index is -0.112. The molecule has 1 aliphatic rings. The first-order valence-electron chi connectivity index (χ1n) is 6.48. The molecule has 1 atom stereocenters. The maximum absolute atomic E-state index is 9.24. The third-order valence-electron chi connectivity index (χ3n) is 3.32. The van der Waals surface area contributed by atoms with Crippen LogP contribution in [0.5, 0.6) is 0 Å². The highest BCUT2D eigenvalue weighted by molar-refractivity contribution is 4.73. The molecule has 1 aliphatic heterocycles. The van der Waals surface area contributed by atoms with Crippen molar-refractivity contribution in [3.63, 3.8) is 0 Å². The van der Waals surface area contributed by atoms with E-state index in [1.165, 1.54) is 38.9 Å². The molecule has 1 rings (SSSR count). The van der Waals surface area contributed by atoms with E-state index in [1.54, 1.807) is 0 Å². The van der Waals surface area contributed by atoms with Crippen molar-refractivity contribution in [1.29, 1.82) is 0 Å². The summed E-state index contributed by atoms with van der Waals surface area (Å²) in [6.07, 6.45) is 4.75. The van der Waals surface area contributed by atoms with Crippen molar-refractivity contribution in [2.75, 3.05) is 19.6 Å². The Morgan fingerprint density at radius 2 is 1.80 bits per heavy atom. The van der Waals surface area contributed by atoms with Crippen LogP contribution in [0.1, 0.15) is 46.5 Å². The molecule has 0 bridgehead atoms. The first-order chi connectivity index (χ1) is 7.08. The fraction of sp³-hybridized carbons (Fsp3) is 1.00. The number of hydrogen-bond acceptors (Lipinski definition) is 2. The predicted molar refractivity (Wildman–Crippen MR) is 64.9 cm³/mol. The molecular weight excluding hydrogens is 186 g/mol. The quantitative estimate of drug-likeness (QED) is 0.758. The lowest BCUT2D eigenvalue weighted by Gasteiger charge is -2.33. The Morgan fingerprint density at radius 3 is 2.27 bits per heavy atom. The lowest BCUT2D eigenvalue weighted by molar-refractivity contribution is 0.137. The van der Waals surface area contributed by atoms with Crippen molar-refractivity contribution in [1.82, 2.24) is 4.90 Å². The van der Waals surface area contributed by atoms with E-state index in [9.17, 15) is 5.11 Å². The number of aliphatic hydroxyl groups excluding tert-OH is 1. The maximum atomic E-state index is 9.24. The molecule has 1 saturated heterocycles. The van der Waals surface area contributed by atoms with Crippen LogP contribution >= 0.6 is 0 Å². The Labute approximate surface area is 94.7 Å². The summed E-state index contributed by atoms with van der Waals surface area (Å²) in [4.78, 5) is 2.59. The van der Waals surface area contributed by atoms with Crippen LogP contribution in [0.2, 0.25) is 0 Å². The third-order valence-corrected chi connectivity index (χ3v) is 3.32. The molecule has 15 heavy (non-hydrogen) atoms. The summed E-state index contributed by atoms with van der Waals surface area (Å²) in [5.41, 5.74) is 0. The average molecular weight is 213 g/mol. The molecule has 0 aromatic heterocycles. The van der Waals surface area contributed by atoms with Gasteiger partial charge in [-0.15, -0.1) is 0 Å². The number of nitrogens with zero attached hydrogens (tertiary/aromatic N) is 1. The number of likely N-dealkylation sites (tertiary alicyclic amines) is 1. The maximum Gasteiger partial charge on any atom is 0.0512 e. The lowest BCUT2D eigenvalue weighted by atomic mass is 9.91. The zero-order chi connectivity index (χ0) is 11.3. The normalized spacial score (nSPS) is 22.2. The molecule has 0 aliphatic carbocycles. The van der Waals surface area contributed by atoms with Crippen molar-refractivity contribution >= 4 is 0 Å². The van der Waals surface area contributed by atoms with Crippen LogP contribution in [0.4, 0.5) is 0 Å². The molecule has 1 N–H and O–H groups in total. The summed E-state index contributed by atoms with van der Waals surface area (Å²) < 4.78 is 0. The van der Waals surface area contributed by atoms with Crippen LogP contribution in [0, 0.1) is 11.8 Å². The summed E-state index contributed by atoms with van der Waals surface area (Å²) in [5, 5.41) is 9.24. The molecule has 2 nitrogen and oxygen atoms in total. The summed E-state index contributed by atoms with van der Waals surface area (Å²) in [6.45, 7) is 10.3. The van der Waals surface area contributed by atoms with E-state index in [-0.39, 0.29) is 6.10 Å². The Balaban J connectivity index is 2.12. The van der Waals surface area contributed by atoms with Crippen molar-refractivity contribution in [2.45, 2.75) is 52.6 Å². The molecule has 2 heteroatoms. The summed E-state index contributed by atoms with van der Waals surface area (Å²) in [5.74, 6) is 1.65. The van der Waals surface area contributed by atoms with Gasteiger partial charge in [0.15, 0.2) is 0 Å². The van der Waals surface area contributed by atoms with Crippen LogP contribution in [0.25, 0.3) is 0 Å². The van der Waals surface area contributed by atoms with Gasteiger partial charge in [0.05, 0.1) is 6.10 Å². The number of rotatable bonds is 5. The minimum absolute atomic E-state index is 0.112. The van der Waals surface area contributed by atoms with Gasteiger partial charge in [0, 0.05) is 6.54 Å². The van der Waals surface area contributed by atoms with Crippen molar-refractivity contribution in [3.8, 4) is 0 Å². The number of hydrogen-bond donors (Lipinski definition) is 1. The van der Waals surface area contributed by atoms with E-state index >= 15 is 0 Å². The second-order valence-electron chi connectivity index (χ2n) is 5.56. The Bertz CT molecular complexity index is 160. The average Bonchev–Trinajstić information content (AvgIpc) is 2.16. The molecule has 90 valence electrons. The van der Waals surface area contributed by atoms with E-state index in [4.69, 9.17) is 0 Å². The van der Waals surface area contributed by atoms with Crippen LogP contribution in [-0.2, 0) is 0 Å². The fourth-order valence-corrected chi connectivity index (χ4v) is 2.45. The molecule has 0 saturated carbocycles. The summed E-state index contributed by atoms with van der Waals surface area (Å²) in [6, 6.07) is 0. The van der Waals surface area contributed by atoms with Crippen molar-refractivity contribution < 1.29 is 5.11 Å². The fourth-order valence-electron chi connectivity index (χ4n) is 2.45. The van der Waals surface area contributed by atoms with E-state index in [0.717, 1.165) is 18.3 Å². The van der Waals surface area contributed by atoms with Gasteiger partial charge >= 0.3 is 0 Å². The highest BCUT2D eigenvalue weighted by Gasteiger charge is 2.19. The van der Waals surface area contributed by atoms with E-state index < -0.39 is 0 Å². The topological polar surface area (TPSA) is 23.5 Å². The number of piperidine rings is 1. The van der Waals surface area contributed by atoms with Crippen molar-refractivity contribution in [2.24, 2.45) is 11.8 Å². The van der Waals surface area contributed by atoms with Crippen molar-refractivity contribution in [3.05, 3.63) is 0 Å². The third kappa shape index (κ3) is 5.53. The molecule has 1 fully saturated rings. The number of aliphatic hydroxyl groups is 1. The molecule has 1 heterocycles. The van der Waals surface area contributed by atoms with Gasteiger partial charge in [-0.25, -0.2) is 0 Å². The Kier molecular flexibility index (Phi) is 5.62. The first-order valence-corrected chi connectivity index (χ1v) is 6.48. The molecule has 0 aromatic carbocycles. The second kappa shape index (κ2) is 6.49. The van der Waals surface area contributed by atoms with Gasteiger partial charge in [-0.2, -0.15) is 0 Å². The van der Waals surface area contributed by atoms with E-state index in [1.807, 2.05) is 6.92 Å². The van der Waals surface area contributed by atoms with Gasteiger partial charge in [0.1, 0.15) is 0 Å². The first kappa shape index (κ1) is 13.0. The van der Waals surface area contributed by atoms with Crippen LogP contribution in [0.3, 0.4) is 0 Å². The lowest BCUT2D eigenvalue weighted by Crippen LogP contribution is -2.36. The van der Waals surface area contributed by atoms with Crippen LogP contribution in [0.15, 0.2) is 0 Å². The molecule has 0 amide bonds. The SMILES string of the molecule is CC(C)CN1CCC(CCC(C)O)CC1. The standard InChI is InChI=1S/C13H27NO/c1-11(2)10-14-8-6-13(7-9-14)5-4-12(3)15/h11-13,15H,4-10H2,1-3H3. The highest BCUT2D eigenvalue weighted by atomic mass is 16.3. The molecule has 1 unspecified atom stereocenters. The predicted octanol–water partition coefficient (Wildman–Crippen LogP) is 2.52. The zero-order valence-electron chi connectivity index (χ0n) is 10.6. The van der Waals surface area contributed by atoms with Gasteiger partial charge in [0.25, 0.3) is 0 Å². The van der Waals surface area contributed by atoms with Crippen LogP contribution in [-0.4, -0.2) is 35.7 Å². The largest absolute Gasteiger partial charge is 0.393 e. The molecular formula is C13H27NO. The van der Waals surface area contributed by atoms with Gasteiger partial charge in [0.2, 0.25) is 0 Å². The summed E-state index contributed by atoms with van der Waals surface area (Å²) in [7, 11) is 0.